The fourth-order valence-corrected chi connectivity index (χ4v) is 8.18. The lowest BCUT2D eigenvalue weighted by Crippen LogP contribution is -2.00. The summed E-state index contributed by atoms with van der Waals surface area (Å²) in [7, 11) is 0. The Balaban J connectivity index is 1.09. The van der Waals surface area contributed by atoms with Crippen LogP contribution in [0.3, 0.4) is 0 Å². The van der Waals surface area contributed by atoms with Gasteiger partial charge in [-0.15, -0.1) is 0 Å². The molecule has 4 heteroatoms. The molecule has 4 nitrogen and oxygen atoms in total. The first-order valence-corrected chi connectivity index (χ1v) is 19.2. The molecule has 0 aliphatic heterocycles. The van der Waals surface area contributed by atoms with Gasteiger partial charge in [-0.3, -0.25) is 0 Å². The summed E-state index contributed by atoms with van der Waals surface area (Å²) < 4.78 is 6.61. The van der Waals surface area contributed by atoms with Crippen LogP contribution in [0, 0.1) is 0 Å². The van der Waals surface area contributed by atoms with E-state index in [1.807, 2.05) is 54.6 Å². The second-order valence-electron chi connectivity index (χ2n) is 14.4. The Labute approximate surface area is 329 Å². The van der Waals surface area contributed by atoms with Gasteiger partial charge in [-0.2, -0.15) is 0 Å². The van der Waals surface area contributed by atoms with E-state index >= 15 is 0 Å². The predicted octanol–water partition coefficient (Wildman–Crippen LogP) is 14.1. The molecule has 0 unspecified atom stereocenters. The molecule has 0 aliphatic rings. The van der Waals surface area contributed by atoms with Crippen molar-refractivity contribution in [1.82, 2.24) is 15.0 Å². The Hall–Kier alpha value is -7.69. The predicted molar refractivity (Wildman–Crippen MR) is 235 cm³/mol. The van der Waals surface area contributed by atoms with E-state index in [0.717, 1.165) is 60.9 Å². The Morgan fingerprint density at radius 3 is 1.63 bits per heavy atom. The molecule has 0 atom stereocenters. The van der Waals surface area contributed by atoms with Crippen molar-refractivity contribution >= 4 is 43.5 Å². The monoisotopic (exact) mass is 727 g/mol. The molecule has 2 aromatic heterocycles. The van der Waals surface area contributed by atoms with Crippen LogP contribution in [0.25, 0.3) is 111 Å². The van der Waals surface area contributed by atoms with Gasteiger partial charge in [-0.25, -0.2) is 15.0 Å². The summed E-state index contributed by atoms with van der Waals surface area (Å²) in [4.78, 5) is 15.5. The molecule has 2 heterocycles. The van der Waals surface area contributed by atoms with Crippen LogP contribution in [0.1, 0.15) is 0 Å². The topological polar surface area (TPSA) is 51.8 Å². The SMILES string of the molecule is c1ccc(-c2nc(-c3cccc(-c4ccc5c(-c6ccccc6)cc6ccccc6c5c4)c3)nc(-c3ccc(-c4ccccc4)c4oc5ccccc5c34)n2)cc1. The van der Waals surface area contributed by atoms with E-state index in [1.54, 1.807) is 0 Å². The van der Waals surface area contributed by atoms with Gasteiger partial charge in [0.05, 0.1) is 0 Å². The van der Waals surface area contributed by atoms with Crippen molar-refractivity contribution in [2.24, 2.45) is 0 Å². The number of furan rings is 1. The molecule has 0 fully saturated rings. The van der Waals surface area contributed by atoms with Crippen molar-refractivity contribution in [1.29, 1.82) is 0 Å². The lowest BCUT2D eigenvalue weighted by molar-refractivity contribution is 0.670. The first kappa shape index (κ1) is 32.7. The average Bonchev–Trinajstić information content (AvgIpc) is 3.69. The lowest BCUT2D eigenvalue weighted by Gasteiger charge is -2.14. The largest absolute Gasteiger partial charge is 0.455 e. The van der Waals surface area contributed by atoms with Crippen LogP contribution in [0.5, 0.6) is 0 Å². The van der Waals surface area contributed by atoms with Gasteiger partial charge in [0, 0.05) is 33.0 Å². The Morgan fingerprint density at radius 2 is 0.860 bits per heavy atom. The van der Waals surface area contributed by atoms with Crippen LogP contribution >= 0.6 is 0 Å². The number of fused-ring (bicyclic) bond motifs is 6. The Morgan fingerprint density at radius 1 is 0.298 bits per heavy atom. The van der Waals surface area contributed by atoms with E-state index in [-0.39, 0.29) is 0 Å². The smallest absolute Gasteiger partial charge is 0.164 e. The van der Waals surface area contributed by atoms with Crippen molar-refractivity contribution in [3.8, 4) is 67.5 Å². The van der Waals surface area contributed by atoms with Gasteiger partial charge in [0.15, 0.2) is 17.5 Å². The van der Waals surface area contributed by atoms with Crippen LogP contribution in [0.4, 0.5) is 0 Å². The second kappa shape index (κ2) is 13.6. The standard InChI is InChI=1S/C53H33N3O/c1-4-15-34(16-5-1)42-29-30-45(49-44-25-12-13-26-48(44)57-50(42)49)53-55-51(36-19-8-3-9-20-36)54-52(56-53)40-23-14-22-37(31-40)38-27-28-43-46(35-17-6-2-7-18-35)33-39-21-10-11-24-41(39)47(43)32-38/h1-33H. The van der Waals surface area contributed by atoms with Crippen LogP contribution in [-0.4, -0.2) is 15.0 Å². The van der Waals surface area contributed by atoms with Crippen LogP contribution in [0.15, 0.2) is 205 Å². The maximum Gasteiger partial charge on any atom is 0.164 e. The van der Waals surface area contributed by atoms with E-state index in [2.05, 4.69) is 146 Å². The summed E-state index contributed by atoms with van der Waals surface area (Å²) in [5.41, 5.74) is 11.1. The highest BCUT2D eigenvalue weighted by molar-refractivity contribution is 6.16. The summed E-state index contributed by atoms with van der Waals surface area (Å²) in [5.74, 6) is 1.80. The zero-order chi connectivity index (χ0) is 37.7. The summed E-state index contributed by atoms with van der Waals surface area (Å²) in [6.45, 7) is 0. The third kappa shape index (κ3) is 5.74. The zero-order valence-electron chi connectivity index (χ0n) is 30.8. The van der Waals surface area contributed by atoms with Crippen molar-refractivity contribution in [3.05, 3.63) is 200 Å². The quantitative estimate of drug-likeness (QED) is 0.160. The molecule has 9 aromatic carbocycles. The first-order valence-electron chi connectivity index (χ1n) is 19.2. The third-order valence-corrected chi connectivity index (χ3v) is 10.9. The van der Waals surface area contributed by atoms with Crippen molar-refractivity contribution in [2.45, 2.75) is 0 Å². The summed E-state index contributed by atoms with van der Waals surface area (Å²) in [6.07, 6.45) is 0. The van der Waals surface area contributed by atoms with Gasteiger partial charge in [0.2, 0.25) is 0 Å². The molecule has 57 heavy (non-hydrogen) atoms. The number of nitrogens with zero attached hydrogens (tertiary/aromatic N) is 3. The second-order valence-corrected chi connectivity index (χ2v) is 14.4. The fraction of sp³-hybridized carbons (Fsp3) is 0. The molecular weight excluding hydrogens is 695 g/mol. The summed E-state index contributed by atoms with van der Waals surface area (Å²) in [6, 6.07) is 69.9. The molecule has 0 bridgehead atoms. The molecule has 0 aliphatic carbocycles. The molecule has 11 rings (SSSR count). The Bertz CT molecular complexity index is 3280. The van der Waals surface area contributed by atoms with E-state index in [9.17, 15) is 0 Å². The molecule has 11 aromatic rings. The minimum absolute atomic E-state index is 0.589. The normalized spacial score (nSPS) is 11.5. The zero-order valence-corrected chi connectivity index (χ0v) is 30.8. The van der Waals surface area contributed by atoms with Gasteiger partial charge < -0.3 is 4.42 Å². The third-order valence-electron chi connectivity index (χ3n) is 10.9. The highest BCUT2D eigenvalue weighted by Gasteiger charge is 2.21. The first-order chi connectivity index (χ1) is 28.2. The number of benzene rings is 9. The van der Waals surface area contributed by atoms with E-state index in [4.69, 9.17) is 19.4 Å². The van der Waals surface area contributed by atoms with E-state index in [0.29, 0.717) is 17.5 Å². The minimum Gasteiger partial charge on any atom is -0.455 e. The van der Waals surface area contributed by atoms with Crippen LogP contribution in [0.2, 0.25) is 0 Å². The fourth-order valence-electron chi connectivity index (χ4n) is 8.18. The molecule has 0 amide bonds. The lowest BCUT2D eigenvalue weighted by atomic mass is 9.91. The maximum atomic E-state index is 6.61. The molecule has 0 radical (unpaired) electrons. The van der Waals surface area contributed by atoms with Crippen molar-refractivity contribution in [3.63, 3.8) is 0 Å². The summed E-state index contributed by atoms with van der Waals surface area (Å²) >= 11 is 0. The van der Waals surface area contributed by atoms with Gasteiger partial charge in [-0.1, -0.05) is 164 Å². The average molecular weight is 728 g/mol. The van der Waals surface area contributed by atoms with Crippen molar-refractivity contribution in [2.75, 3.05) is 0 Å². The van der Waals surface area contributed by atoms with Crippen LogP contribution < -0.4 is 0 Å². The number of rotatable bonds is 6. The molecule has 0 saturated heterocycles. The van der Waals surface area contributed by atoms with Gasteiger partial charge >= 0.3 is 0 Å². The molecular formula is C53H33N3O. The number of para-hydroxylation sites is 1. The maximum absolute atomic E-state index is 6.61. The van der Waals surface area contributed by atoms with Gasteiger partial charge in [0.1, 0.15) is 11.2 Å². The highest BCUT2D eigenvalue weighted by Crippen LogP contribution is 2.42. The van der Waals surface area contributed by atoms with E-state index in [1.165, 1.54) is 32.7 Å². The minimum atomic E-state index is 0.589. The number of hydrogen-bond donors (Lipinski definition) is 0. The Kier molecular flexibility index (Phi) is 7.78. The molecule has 266 valence electrons. The van der Waals surface area contributed by atoms with Crippen molar-refractivity contribution < 1.29 is 4.42 Å². The molecule has 0 spiro atoms. The number of hydrogen-bond acceptors (Lipinski definition) is 4. The van der Waals surface area contributed by atoms with Gasteiger partial charge in [-0.05, 0) is 85.8 Å². The van der Waals surface area contributed by atoms with Gasteiger partial charge in [0.25, 0.3) is 0 Å². The molecule has 0 N–H and O–H groups in total. The summed E-state index contributed by atoms with van der Waals surface area (Å²) in [5, 5.41) is 6.90. The van der Waals surface area contributed by atoms with Crippen LogP contribution in [-0.2, 0) is 0 Å². The number of aromatic nitrogens is 3. The molecule has 0 saturated carbocycles. The highest BCUT2D eigenvalue weighted by atomic mass is 16.3. The van der Waals surface area contributed by atoms with E-state index < -0.39 is 0 Å².